The number of methoxy groups -OCH3 is 3. The highest BCUT2D eigenvalue weighted by molar-refractivity contribution is 7.85. The van der Waals surface area contributed by atoms with Gasteiger partial charge in [-0.25, -0.2) is 0 Å². The molecule has 0 fully saturated rings. The van der Waals surface area contributed by atoms with Crippen LogP contribution in [-0.4, -0.2) is 31.3 Å². The molecule has 0 aliphatic heterocycles. The molecule has 5 heteroatoms. The lowest BCUT2D eigenvalue weighted by Crippen LogP contribution is -1.99. The maximum atomic E-state index is 11.7. The summed E-state index contributed by atoms with van der Waals surface area (Å²) in [6.07, 6.45) is 0. The third-order valence-electron chi connectivity index (χ3n) is 2.16. The van der Waals surface area contributed by atoms with Crippen molar-refractivity contribution in [3.8, 4) is 17.2 Å². The number of ether oxygens (including phenoxy) is 3. The van der Waals surface area contributed by atoms with Gasteiger partial charge in [0.05, 0.1) is 32.1 Å². The second-order valence-electron chi connectivity index (χ2n) is 3.00. The summed E-state index contributed by atoms with van der Waals surface area (Å²) in [5.74, 6) is 2.12. The number of hydrogen-bond acceptors (Lipinski definition) is 4. The zero-order valence-corrected chi connectivity index (χ0v) is 10.7. The van der Waals surface area contributed by atoms with Gasteiger partial charge in [0, 0.05) is 22.8 Å². The minimum absolute atomic E-state index is 0.516. The average molecular weight is 244 g/mol. The fourth-order valence-electron chi connectivity index (χ4n) is 1.36. The smallest absolute Gasteiger partial charge is 0.203 e. The first-order valence-corrected chi connectivity index (χ1v) is 6.18. The molecule has 0 aliphatic carbocycles. The van der Waals surface area contributed by atoms with Crippen molar-refractivity contribution < 1.29 is 18.4 Å². The molecule has 1 unspecified atom stereocenters. The predicted molar refractivity (Wildman–Crippen MR) is 63.0 cm³/mol. The van der Waals surface area contributed by atoms with E-state index in [9.17, 15) is 4.21 Å². The second kappa shape index (κ2) is 5.75. The Morgan fingerprint density at radius 1 is 1.06 bits per heavy atom. The Balaban J connectivity index is 3.31. The van der Waals surface area contributed by atoms with E-state index in [4.69, 9.17) is 14.2 Å². The Morgan fingerprint density at radius 2 is 1.56 bits per heavy atom. The quantitative estimate of drug-likeness (QED) is 0.792. The molecule has 0 spiro atoms. The first-order chi connectivity index (χ1) is 7.67. The van der Waals surface area contributed by atoms with Crippen LogP contribution in [-0.2, 0) is 10.8 Å². The maximum Gasteiger partial charge on any atom is 0.203 e. The molecule has 0 N–H and O–H groups in total. The molecule has 16 heavy (non-hydrogen) atoms. The third kappa shape index (κ3) is 2.47. The molecule has 0 radical (unpaired) electrons. The van der Waals surface area contributed by atoms with E-state index in [1.54, 1.807) is 12.1 Å². The molecule has 0 saturated carbocycles. The zero-order chi connectivity index (χ0) is 12.1. The number of hydrogen-bond donors (Lipinski definition) is 0. The van der Waals surface area contributed by atoms with E-state index in [2.05, 4.69) is 0 Å². The molecule has 1 aromatic rings. The second-order valence-corrected chi connectivity index (χ2v) is 4.74. The van der Waals surface area contributed by atoms with Gasteiger partial charge in [0.25, 0.3) is 0 Å². The van der Waals surface area contributed by atoms with E-state index in [0.29, 0.717) is 27.9 Å². The van der Waals surface area contributed by atoms with Crippen LogP contribution in [0.25, 0.3) is 0 Å². The number of rotatable bonds is 5. The molecule has 4 nitrogen and oxygen atoms in total. The van der Waals surface area contributed by atoms with Crippen LogP contribution in [0.4, 0.5) is 0 Å². The highest BCUT2D eigenvalue weighted by Gasteiger charge is 2.15. The molecular formula is C11H16O4S. The highest BCUT2D eigenvalue weighted by Crippen LogP contribution is 2.38. The van der Waals surface area contributed by atoms with E-state index in [1.165, 1.54) is 21.3 Å². The molecule has 1 rings (SSSR count). The van der Waals surface area contributed by atoms with Crippen molar-refractivity contribution in [1.82, 2.24) is 0 Å². The summed E-state index contributed by atoms with van der Waals surface area (Å²) in [6, 6.07) is 3.42. The fourth-order valence-corrected chi connectivity index (χ4v) is 2.17. The van der Waals surface area contributed by atoms with Crippen LogP contribution in [0.15, 0.2) is 17.0 Å². The van der Waals surface area contributed by atoms with Crippen LogP contribution < -0.4 is 14.2 Å². The van der Waals surface area contributed by atoms with E-state index >= 15 is 0 Å². The Kier molecular flexibility index (Phi) is 4.61. The Hall–Kier alpha value is -1.23. The van der Waals surface area contributed by atoms with E-state index in [1.807, 2.05) is 6.92 Å². The predicted octanol–water partition coefficient (Wildman–Crippen LogP) is 1.84. The van der Waals surface area contributed by atoms with Gasteiger partial charge in [0.15, 0.2) is 11.5 Å². The SMILES string of the molecule is CCS(=O)c1cc(OC)c(OC)c(OC)c1. The summed E-state index contributed by atoms with van der Waals surface area (Å²) in [5, 5.41) is 0. The molecule has 0 saturated heterocycles. The Morgan fingerprint density at radius 3 is 1.88 bits per heavy atom. The molecule has 0 bridgehead atoms. The van der Waals surface area contributed by atoms with Crippen LogP contribution in [0.3, 0.4) is 0 Å². The standard InChI is InChI=1S/C11H16O4S/c1-5-16(12)8-6-9(13-2)11(15-4)10(7-8)14-3/h6-7H,5H2,1-4H3. The van der Waals surface area contributed by atoms with Crippen LogP contribution >= 0.6 is 0 Å². The van der Waals surface area contributed by atoms with Crippen molar-refractivity contribution >= 4 is 10.8 Å². The highest BCUT2D eigenvalue weighted by atomic mass is 32.2. The van der Waals surface area contributed by atoms with Gasteiger partial charge in [-0.2, -0.15) is 0 Å². The fraction of sp³-hybridized carbons (Fsp3) is 0.455. The summed E-state index contributed by atoms with van der Waals surface area (Å²) in [7, 11) is 3.57. The minimum Gasteiger partial charge on any atom is -0.493 e. The van der Waals surface area contributed by atoms with Gasteiger partial charge in [-0.05, 0) is 0 Å². The van der Waals surface area contributed by atoms with Crippen molar-refractivity contribution in [3.05, 3.63) is 12.1 Å². The lowest BCUT2D eigenvalue weighted by atomic mass is 10.3. The minimum atomic E-state index is -1.04. The van der Waals surface area contributed by atoms with Gasteiger partial charge in [-0.15, -0.1) is 0 Å². The van der Waals surface area contributed by atoms with Crippen molar-refractivity contribution in [2.24, 2.45) is 0 Å². The van der Waals surface area contributed by atoms with Gasteiger partial charge in [-0.3, -0.25) is 4.21 Å². The first-order valence-electron chi connectivity index (χ1n) is 4.86. The average Bonchev–Trinajstić information content (AvgIpc) is 2.35. The summed E-state index contributed by atoms with van der Waals surface area (Å²) < 4.78 is 27.2. The molecule has 0 heterocycles. The van der Waals surface area contributed by atoms with Crippen molar-refractivity contribution in [2.75, 3.05) is 27.1 Å². The van der Waals surface area contributed by atoms with Crippen LogP contribution in [0.5, 0.6) is 17.2 Å². The summed E-state index contributed by atoms with van der Waals surface area (Å²) in [4.78, 5) is 0.678. The zero-order valence-electron chi connectivity index (χ0n) is 9.90. The maximum absolute atomic E-state index is 11.7. The van der Waals surface area contributed by atoms with Gasteiger partial charge >= 0.3 is 0 Å². The molecule has 0 aromatic heterocycles. The molecule has 0 amide bonds. The Labute approximate surface area is 98.0 Å². The van der Waals surface area contributed by atoms with E-state index in [0.717, 1.165) is 0 Å². The van der Waals surface area contributed by atoms with Gasteiger partial charge in [-0.1, -0.05) is 6.92 Å². The molecule has 90 valence electrons. The Bertz CT molecular complexity index is 365. The van der Waals surface area contributed by atoms with Crippen molar-refractivity contribution in [1.29, 1.82) is 0 Å². The van der Waals surface area contributed by atoms with E-state index in [-0.39, 0.29) is 0 Å². The van der Waals surface area contributed by atoms with Crippen molar-refractivity contribution in [2.45, 2.75) is 11.8 Å². The normalized spacial score (nSPS) is 12.0. The van der Waals surface area contributed by atoms with Crippen molar-refractivity contribution in [3.63, 3.8) is 0 Å². The van der Waals surface area contributed by atoms with Crippen LogP contribution in [0, 0.1) is 0 Å². The lowest BCUT2D eigenvalue weighted by molar-refractivity contribution is 0.323. The van der Waals surface area contributed by atoms with E-state index < -0.39 is 10.8 Å². The monoisotopic (exact) mass is 244 g/mol. The molecule has 0 aliphatic rings. The van der Waals surface area contributed by atoms with Gasteiger partial charge < -0.3 is 14.2 Å². The largest absolute Gasteiger partial charge is 0.493 e. The lowest BCUT2D eigenvalue weighted by Gasteiger charge is -2.13. The van der Waals surface area contributed by atoms with Crippen LogP contribution in [0.2, 0.25) is 0 Å². The summed E-state index contributed by atoms with van der Waals surface area (Å²) in [5.41, 5.74) is 0. The van der Waals surface area contributed by atoms with Gasteiger partial charge in [0.2, 0.25) is 5.75 Å². The third-order valence-corrected chi connectivity index (χ3v) is 3.45. The summed E-state index contributed by atoms with van der Waals surface area (Å²) in [6.45, 7) is 1.86. The summed E-state index contributed by atoms with van der Waals surface area (Å²) >= 11 is 0. The van der Waals surface area contributed by atoms with Crippen LogP contribution in [0.1, 0.15) is 6.92 Å². The molecule has 1 aromatic carbocycles. The van der Waals surface area contributed by atoms with Gasteiger partial charge in [0.1, 0.15) is 0 Å². The number of benzene rings is 1. The molecular weight excluding hydrogens is 228 g/mol. The first kappa shape index (κ1) is 12.8. The topological polar surface area (TPSA) is 44.8 Å². The molecule has 1 atom stereocenters.